The van der Waals surface area contributed by atoms with Crippen LogP contribution in [0.3, 0.4) is 0 Å². The highest BCUT2D eigenvalue weighted by Gasteiger charge is 2.21. The molecule has 2 aromatic rings. The lowest BCUT2D eigenvalue weighted by Crippen LogP contribution is -2.04. The van der Waals surface area contributed by atoms with Gasteiger partial charge in [-0.3, -0.25) is 0 Å². The molecular formula is C20H24O2. The molecule has 0 heterocycles. The van der Waals surface area contributed by atoms with Gasteiger partial charge in [0, 0.05) is 17.0 Å². The zero-order valence-electron chi connectivity index (χ0n) is 13.8. The van der Waals surface area contributed by atoms with E-state index in [1.54, 1.807) is 14.2 Å². The van der Waals surface area contributed by atoms with Gasteiger partial charge in [-0.1, -0.05) is 49.4 Å². The second-order valence-electron chi connectivity index (χ2n) is 5.15. The molecule has 0 aliphatic heterocycles. The molecule has 0 N–H and O–H groups in total. The van der Waals surface area contributed by atoms with Crippen LogP contribution in [-0.2, 0) is 0 Å². The molecule has 1 atom stereocenters. The quantitative estimate of drug-likeness (QED) is 0.720. The van der Waals surface area contributed by atoms with Crippen molar-refractivity contribution in [1.82, 2.24) is 0 Å². The second kappa shape index (κ2) is 7.69. The Morgan fingerprint density at radius 1 is 0.955 bits per heavy atom. The Hall–Kier alpha value is -2.22. The Labute approximate surface area is 133 Å². The van der Waals surface area contributed by atoms with Crippen LogP contribution in [0.5, 0.6) is 11.5 Å². The number of methoxy groups -OCH3 is 2. The Bertz CT molecular complexity index is 644. The molecule has 2 nitrogen and oxygen atoms in total. The summed E-state index contributed by atoms with van der Waals surface area (Å²) < 4.78 is 11.1. The first kappa shape index (κ1) is 16.2. The molecule has 0 saturated heterocycles. The SMILES string of the molecule is CC=C(c1ccccc1OC)C(CC)c1ccccc1OC. The van der Waals surface area contributed by atoms with E-state index in [0.29, 0.717) is 0 Å². The second-order valence-corrected chi connectivity index (χ2v) is 5.15. The molecule has 22 heavy (non-hydrogen) atoms. The molecular weight excluding hydrogens is 272 g/mol. The van der Waals surface area contributed by atoms with E-state index in [2.05, 4.69) is 44.2 Å². The largest absolute Gasteiger partial charge is 0.496 e. The van der Waals surface area contributed by atoms with Gasteiger partial charge in [0.25, 0.3) is 0 Å². The van der Waals surface area contributed by atoms with Crippen molar-refractivity contribution in [3.63, 3.8) is 0 Å². The van der Waals surface area contributed by atoms with Crippen LogP contribution in [0.2, 0.25) is 0 Å². The average molecular weight is 296 g/mol. The van der Waals surface area contributed by atoms with E-state index in [-0.39, 0.29) is 5.92 Å². The summed E-state index contributed by atoms with van der Waals surface area (Å²) in [6, 6.07) is 16.4. The third-order valence-corrected chi connectivity index (χ3v) is 4.03. The minimum absolute atomic E-state index is 0.275. The number of rotatable bonds is 6. The molecule has 1 unspecified atom stereocenters. The maximum Gasteiger partial charge on any atom is 0.126 e. The molecule has 116 valence electrons. The molecule has 0 aliphatic rings. The predicted octanol–water partition coefficient (Wildman–Crippen LogP) is 5.30. The van der Waals surface area contributed by atoms with Crippen molar-refractivity contribution in [2.24, 2.45) is 0 Å². The summed E-state index contributed by atoms with van der Waals surface area (Å²) in [5.74, 6) is 2.12. The summed E-state index contributed by atoms with van der Waals surface area (Å²) in [4.78, 5) is 0. The third-order valence-electron chi connectivity index (χ3n) is 4.03. The van der Waals surface area contributed by atoms with Gasteiger partial charge in [0.1, 0.15) is 11.5 Å². The van der Waals surface area contributed by atoms with Crippen LogP contribution in [0.25, 0.3) is 5.57 Å². The van der Waals surface area contributed by atoms with Gasteiger partial charge in [-0.25, -0.2) is 0 Å². The van der Waals surface area contributed by atoms with Crippen molar-refractivity contribution < 1.29 is 9.47 Å². The van der Waals surface area contributed by atoms with Gasteiger partial charge >= 0.3 is 0 Å². The lowest BCUT2D eigenvalue weighted by Gasteiger charge is -2.23. The summed E-state index contributed by atoms with van der Waals surface area (Å²) in [5, 5.41) is 0. The standard InChI is InChI=1S/C20H24O2/c1-5-15(17-11-7-9-13-19(17)21-3)16(6-2)18-12-8-10-14-20(18)22-4/h5,7-14,16H,6H2,1-4H3. The summed E-state index contributed by atoms with van der Waals surface area (Å²) in [5.41, 5.74) is 3.63. The van der Waals surface area contributed by atoms with Gasteiger partial charge in [-0.15, -0.1) is 0 Å². The summed E-state index contributed by atoms with van der Waals surface area (Å²) in [7, 11) is 3.44. The average Bonchev–Trinajstić information content (AvgIpc) is 2.59. The summed E-state index contributed by atoms with van der Waals surface area (Å²) in [6.07, 6.45) is 3.18. The van der Waals surface area contributed by atoms with E-state index in [9.17, 15) is 0 Å². The van der Waals surface area contributed by atoms with Gasteiger partial charge in [0.05, 0.1) is 14.2 Å². The molecule has 0 aromatic heterocycles. The Kier molecular flexibility index (Phi) is 5.65. The lowest BCUT2D eigenvalue weighted by atomic mass is 9.84. The van der Waals surface area contributed by atoms with Gasteiger partial charge in [0.15, 0.2) is 0 Å². The number of allylic oxidation sites excluding steroid dienone is 2. The Balaban J connectivity index is 2.53. The molecule has 0 spiro atoms. The fourth-order valence-corrected chi connectivity index (χ4v) is 2.99. The maximum absolute atomic E-state index is 5.56. The molecule has 0 amide bonds. The zero-order valence-corrected chi connectivity index (χ0v) is 13.8. The molecule has 0 fully saturated rings. The summed E-state index contributed by atoms with van der Waals surface area (Å²) in [6.45, 7) is 4.29. The molecule has 0 bridgehead atoms. The first-order chi connectivity index (χ1) is 10.8. The first-order valence-corrected chi connectivity index (χ1v) is 7.69. The maximum atomic E-state index is 5.56. The van der Waals surface area contributed by atoms with Crippen LogP contribution in [0, 0.1) is 0 Å². The van der Waals surface area contributed by atoms with Gasteiger partial charge in [-0.2, -0.15) is 0 Å². The highest BCUT2D eigenvalue weighted by Crippen LogP contribution is 2.41. The van der Waals surface area contributed by atoms with Crippen molar-refractivity contribution in [3.8, 4) is 11.5 Å². The lowest BCUT2D eigenvalue weighted by molar-refractivity contribution is 0.407. The van der Waals surface area contributed by atoms with E-state index < -0.39 is 0 Å². The van der Waals surface area contributed by atoms with Crippen molar-refractivity contribution >= 4 is 5.57 Å². The minimum atomic E-state index is 0.275. The number of benzene rings is 2. The van der Waals surface area contributed by atoms with Crippen LogP contribution in [-0.4, -0.2) is 14.2 Å². The Morgan fingerprint density at radius 2 is 1.55 bits per heavy atom. The minimum Gasteiger partial charge on any atom is -0.496 e. The highest BCUT2D eigenvalue weighted by atomic mass is 16.5. The van der Waals surface area contributed by atoms with E-state index in [4.69, 9.17) is 9.47 Å². The molecule has 2 aromatic carbocycles. The third kappa shape index (κ3) is 3.16. The van der Waals surface area contributed by atoms with E-state index >= 15 is 0 Å². The summed E-state index contributed by atoms with van der Waals surface area (Å²) >= 11 is 0. The molecule has 2 heteroatoms. The van der Waals surface area contributed by atoms with Crippen LogP contribution >= 0.6 is 0 Å². The topological polar surface area (TPSA) is 18.5 Å². The van der Waals surface area contributed by atoms with Crippen molar-refractivity contribution in [2.45, 2.75) is 26.2 Å². The normalized spacial score (nSPS) is 12.8. The van der Waals surface area contributed by atoms with Crippen molar-refractivity contribution in [2.75, 3.05) is 14.2 Å². The number of hydrogen-bond donors (Lipinski definition) is 0. The van der Waals surface area contributed by atoms with Crippen LogP contribution in [0.15, 0.2) is 54.6 Å². The van der Waals surface area contributed by atoms with E-state index in [0.717, 1.165) is 23.5 Å². The monoisotopic (exact) mass is 296 g/mol. The molecule has 2 rings (SSSR count). The predicted molar refractivity (Wildman–Crippen MR) is 92.7 cm³/mol. The molecule has 0 aliphatic carbocycles. The van der Waals surface area contributed by atoms with Gasteiger partial charge in [-0.05, 0) is 31.1 Å². The van der Waals surface area contributed by atoms with Crippen LogP contribution in [0.4, 0.5) is 0 Å². The van der Waals surface area contributed by atoms with E-state index in [1.807, 2.05) is 24.3 Å². The van der Waals surface area contributed by atoms with Gasteiger partial charge < -0.3 is 9.47 Å². The molecule has 0 saturated carbocycles. The number of hydrogen-bond acceptors (Lipinski definition) is 2. The Morgan fingerprint density at radius 3 is 2.14 bits per heavy atom. The van der Waals surface area contributed by atoms with Gasteiger partial charge in [0.2, 0.25) is 0 Å². The fourth-order valence-electron chi connectivity index (χ4n) is 2.99. The molecule has 0 radical (unpaired) electrons. The van der Waals surface area contributed by atoms with Crippen LogP contribution < -0.4 is 9.47 Å². The van der Waals surface area contributed by atoms with Crippen LogP contribution in [0.1, 0.15) is 37.3 Å². The first-order valence-electron chi connectivity index (χ1n) is 7.69. The zero-order chi connectivity index (χ0) is 15.9. The number of para-hydroxylation sites is 2. The highest BCUT2D eigenvalue weighted by molar-refractivity contribution is 5.76. The van der Waals surface area contributed by atoms with Crippen molar-refractivity contribution in [1.29, 1.82) is 0 Å². The van der Waals surface area contributed by atoms with E-state index in [1.165, 1.54) is 11.1 Å². The number of ether oxygens (including phenoxy) is 2. The fraction of sp³-hybridized carbons (Fsp3) is 0.300. The smallest absolute Gasteiger partial charge is 0.126 e. The van der Waals surface area contributed by atoms with Crippen molar-refractivity contribution in [3.05, 3.63) is 65.7 Å².